The molecule has 0 aliphatic heterocycles. The number of rotatable bonds is 4. The Hall–Kier alpha value is -1.88. The molecule has 0 amide bonds. The van der Waals surface area contributed by atoms with E-state index in [-0.39, 0.29) is 10.6 Å². The molecule has 0 aliphatic rings. The van der Waals surface area contributed by atoms with Gasteiger partial charge >= 0.3 is 0 Å². The van der Waals surface area contributed by atoms with Gasteiger partial charge in [0.25, 0.3) is 5.69 Å². The number of hydrogen-bond donors (Lipinski definition) is 1. The summed E-state index contributed by atoms with van der Waals surface area (Å²) in [6, 6.07) is 11.2. The molecule has 5 heteroatoms. The lowest BCUT2D eigenvalue weighted by molar-refractivity contribution is -0.384. The van der Waals surface area contributed by atoms with Crippen LogP contribution in [0.25, 0.3) is 0 Å². The van der Waals surface area contributed by atoms with Gasteiger partial charge in [0, 0.05) is 17.1 Å². The summed E-state index contributed by atoms with van der Waals surface area (Å²) in [6.45, 7) is 4.68. The molecule has 0 spiro atoms. The van der Waals surface area contributed by atoms with Gasteiger partial charge in [0.2, 0.25) is 0 Å². The van der Waals surface area contributed by atoms with E-state index in [4.69, 9.17) is 0 Å². The van der Waals surface area contributed by atoms with Gasteiger partial charge in [-0.25, -0.2) is 0 Å². The Morgan fingerprint density at radius 3 is 2.55 bits per heavy atom. The number of hydrogen-bond acceptors (Lipinski definition) is 3. The third kappa shape index (κ3) is 3.36. The summed E-state index contributed by atoms with van der Waals surface area (Å²) >= 11 is 3.25. The van der Waals surface area contributed by atoms with Crippen molar-refractivity contribution in [3.8, 4) is 0 Å². The number of nitro benzene ring substituents is 1. The van der Waals surface area contributed by atoms with Gasteiger partial charge in [0.15, 0.2) is 0 Å². The summed E-state index contributed by atoms with van der Waals surface area (Å²) in [4.78, 5) is 10.6. The summed E-state index contributed by atoms with van der Waals surface area (Å²) in [5.74, 6) is 0. The number of nitrogens with zero attached hydrogens (tertiary/aromatic N) is 1. The van der Waals surface area contributed by atoms with Crippen LogP contribution < -0.4 is 5.32 Å². The fraction of sp³-hybridized carbons (Fsp3) is 0.200. The van der Waals surface area contributed by atoms with Crippen LogP contribution in [0.5, 0.6) is 0 Å². The number of aryl methyl sites for hydroxylation is 2. The SMILES string of the molecule is Cc1ccc(CNc2ccc(Br)cc2[N+](=O)[O-])cc1C. The van der Waals surface area contributed by atoms with Crippen molar-refractivity contribution in [2.24, 2.45) is 0 Å². The van der Waals surface area contributed by atoms with Crippen LogP contribution in [0.4, 0.5) is 11.4 Å². The Morgan fingerprint density at radius 1 is 1.15 bits per heavy atom. The summed E-state index contributed by atoms with van der Waals surface area (Å²) in [5.41, 5.74) is 4.16. The second-order valence-corrected chi connectivity index (χ2v) is 5.61. The molecule has 4 nitrogen and oxygen atoms in total. The highest BCUT2D eigenvalue weighted by Gasteiger charge is 2.13. The van der Waals surface area contributed by atoms with Crippen molar-refractivity contribution in [2.45, 2.75) is 20.4 Å². The lowest BCUT2D eigenvalue weighted by atomic mass is 10.1. The van der Waals surface area contributed by atoms with Crippen LogP contribution in [0.1, 0.15) is 16.7 Å². The minimum Gasteiger partial charge on any atom is -0.375 e. The molecule has 0 aromatic heterocycles. The molecular formula is C15H15BrN2O2. The van der Waals surface area contributed by atoms with Gasteiger partial charge in [-0.05, 0) is 42.7 Å². The van der Waals surface area contributed by atoms with E-state index in [0.717, 1.165) is 5.56 Å². The average Bonchev–Trinajstić information content (AvgIpc) is 2.41. The standard InChI is InChI=1S/C15H15BrN2O2/c1-10-3-4-12(7-11(10)2)9-17-14-6-5-13(16)8-15(14)18(19)20/h3-8,17H,9H2,1-2H3. The van der Waals surface area contributed by atoms with Gasteiger partial charge in [-0.3, -0.25) is 10.1 Å². The second-order valence-electron chi connectivity index (χ2n) is 4.69. The van der Waals surface area contributed by atoms with Gasteiger partial charge in [-0.2, -0.15) is 0 Å². The van der Waals surface area contributed by atoms with Crippen molar-refractivity contribution in [3.05, 3.63) is 67.7 Å². The molecule has 0 fully saturated rings. The van der Waals surface area contributed by atoms with Crippen LogP contribution in [-0.4, -0.2) is 4.92 Å². The first kappa shape index (κ1) is 14.5. The van der Waals surface area contributed by atoms with Crippen LogP contribution in [0.3, 0.4) is 0 Å². The molecule has 1 N–H and O–H groups in total. The summed E-state index contributed by atoms with van der Waals surface area (Å²) in [5, 5.41) is 14.2. The number of nitro groups is 1. The highest BCUT2D eigenvalue weighted by atomic mass is 79.9. The molecule has 104 valence electrons. The predicted molar refractivity (Wildman–Crippen MR) is 84.0 cm³/mol. The Balaban J connectivity index is 2.18. The molecule has 20 heavy (non-hydrogen) atoms. The number of halogens is 1. The molecule has 0 bridgehead atoms. The third-order valence-electron chi connectivity index (χ3n) is 3.21. The van der Waals surface area contributed by atoms with E-state index in [0.29, 0.717) is 16.7 Å². The Morgan fingerprint density at radius 2 is 1.90 bits per heavy atom. The summed E-state index contributed by atoms with van der Waals surface area (Å²) in [7, 11) is 0. The highest BCUT2D eigenvalue weighted by molar-refractivity contribution is 9.10. The Bertz CT molecular complexity index is 656. The first-order chi connectivity index (χ1) is 9.47. The van der Waals surface area contributed by atoms with Gasteiger partial charge in [0.05, 0.1) is 4.92 Å². The number of nitrogens with one attached hydrogen (secondary N) is 1. The quantitative estimate of drug-likeness (QED) is 0.657. The molecule has 2 aromatic carbocycles. The minimum absolute atomic E-state index is 0.0724. The fourth-order valence-electron chi connectivity index (χ4n) is 1.92. The predicted octanol–water partition coefficient (Wildman–Crippen LogP) is 4.59. The summed E-state index contributed by atoms with van der Waals surface area (Å²) in [6.07, 6.45) is 0. The lowest BCUT2D eigenvalue weighted by Crippen LogP contribution is -2.03. The maximum absolute atomic E-state index is 11.0. The highest BCUT2D eigenvalue weighted by Crippen LogP contribution is 2.28. The first-order valence-electron chi connectivity index (χ1n) is 6.21. The molecular weight excluding hydrogens is 320 g/mol. The van der Waals surface area contributed by atoms with E-state index in [9.17, 15) is 10.1 Å². The van der Waals surface area contributed by atoms with E-state index in [1.807, 2.05) is 6.07 Å². The molecule has 2 aromatic rings. The smallest absolute Gasteiger partial charge is 0.293 e. The van der Waals surface area contributed by atoms with E-state index in [1.165, 1.54) is 17.2 Å². The summed E-state index contributed by atoms with van der Waals surface area (Å²) < 4.78 is 0.695. The van der Waals surface area contributed by atoms with Crippen LogP contribution in [0.2, 0.25) is 0 Å². The average molecular weight is 335 g/mol. The van der Waals surface area contributed by atoms with Crippen molar-refractivity contribution < 1.29 is 4.92 Å². The maximum Gasteiger partial charge on any atom is 0.293 e. The van der Waals surface area contributed by atoms with E-state index < -0.39 is 0 Å². The first-order valence-corrected chi connectivity index (χ1v) is 7.00. The zero-order valence-electron chi connectivity index (χ0n) is 11.3. The molecule has 0 saturated heterocycles. The van der Waals surface area contributed by atoms with Crippen molar-refractivity contribution >= 4 is 27.3 Å². The molecule has 2 rings (SSSR count). The van der Waals surface area contributed by atoms with Crippen molar-refractivity contribution in [1.82, 2.24) is 0 Å². The van der Waals surface area contributed by atoms with Crippen molar-refractivity contribution in [1.29, 1.82) is 0 Å². The normalized spacial score (nSPS) is 10.3. The lowest BCUT2D eigenvalue weighted by Gasteiger charge is -2.09. The van der Waals surface area contributed by atoms with Crippen LogP contribution in [0, 0.1) is 24.0 Å². The van der Waals surface area contributed by atoms with Gasteiger partial charge in [-0.1, -0.05) is 34.1 Å². The Labute approximate surface area is 126 Å². The van der Waals surface area contributed by atoms with Gasteiger partial charge < -0.3 is 5.32 Å². The molecule has 0 heterocycles. The maximum atomic E-state index is 11.0. The fourth-order valence-corrected chi connectivity index (χ4v) is 2.27. The van der Waals surface area contributed by atoms with E-state index in [2.05, 4.69) is 47.2 Å². The van der Waals surface area contributed by atoms with Crippen molar-refractivity contribution in [3.63, 3.8) is 0 Å². The van der Waals surface area contributed by atoms with Gasteiger partial charge in [0.1, 0.15) is 5.69 Å². The third-order valence-corrected chi connectivity index (χ3v) is 3.70. The van der Waals surface area contributed by atoms with E-state index in [1.54, 1.807) is 12.1 Å². The number of anilines is 1. The monoisotopic (exact) mass is 334 g/mol. The van der Waals surface area contributed by atoms with Crippen LogP contribution in [-0.2, 0) is 6.54 Å². The minimum atomic E-state index is -0.381. The molecule has 0 aliphatic carbocycles. The van der Waals surface area contributed by atoms with Gasteiger partial charge in [-0.15, -0.1) is 0 Å². The second kappa shape index (κ2) is 6.05. The zero-order chi connectivity index (χ0) is 14.7. The molecule has 0 saturated carbocycles. The van der Waals surface area contributed by atoms with Crippen LogP contribution in [0.15, 0.2) is 40.9 Å². The van der Waals surface area contributed by atoms with Crippen LogP contribution >= 0.6 is 15.9 Å². The zero-order valence-corrected chi connectivity index (χ0v) is 12.9. The number of benzene rings is 2. The topological polar surface area (TPSA) is 55.2 Å². The van der Waals surface area contributed by atoms with E-state index >= 15 is 0 Å². The molecule has 0 atom stereocenters. The Kier molecular flexibility index (Phi) is 4.39. The largest absolute Gasteiger partial charge is 0.375 e. The molecule has 0 unspecified atom stereocenters. The van der Waals surface area contributed by atoms with Crippen molar-refractivity contribution in [2.75, 3.05) is 5.32 Å². The molecule has 0 radical (unpaired) electrons.